The first-order chi connectivity index (χ1) is 9.73. The highest BCUT2D eigenvalue weighted by molar-refractivity contribution is 7.89. The predicted molar refractivity (Wildman–Crippen MR) is 80.5 cm³/mol. The van der Waals surface area contributed by atoms with E-state index >= 15 is 0 Å². The number of methoxy groups -OCH3 is 1. The quantitative estimate of drug-likeness (QED) is 0.778. The van der Waals surface area contributed by atoms with Crippen molar-refractivity contribution in [2.24, 2.45) is 5.73 Å². The van der Waals surface area contributed by atoms with Crippen molar-refractivity contribution in [3.05, 3.63) is 23.8 Å². The van der Waals surface area contributed by atoms with Crippen LogP contribution in [0, 0.1) is 6.92 Å². The Morgan fingerprint density at radius 1 is 1.43 bits per heavy atom. The SMILES string of the molecule is COC(CN)C(=O)Nc1cc(S(=O)(=O)N(C)C)ccc1C. The molecule has 0 spiro atoms. The first-order valence-corrected chi connectivity index (χ1v) is 7.75. The maximum atomic E-state index is 12.1. The van der Waals surface area contributed by atoms with Gasteiger partial charge in [0.05, 0.1) is 4.90 Å². The molecule has 0 heterocycles. The van der Waals surface area contributed by atoms with Crippen LogP contribution in [0.15, 0.2) is 23.1 Å². The first-order valence-electron chi connectivity index (χ1n) is 6.31. The highest BCUT2D eigenvalue weighted by Crippen LogP contribution is 2.22. The van der Waals surface area contributed by atoms with Gasteiger partial charge in [-0.25, -0.2) is 12.7 Å². The Hall–Kier alpha value is -1.48. The van der Waals surface area contributed by atoms with Gasteiger partial charge < -0.3 is 15.8 Å². The second kappa shape index (κ2) is 6.99. The Bertz CT molecular complexity index is 610. The fourth-order valence-electron chi connectivity index (χ4n) is 1.63. The molecule has 0 aliphatic heterocycles. The predicted octanol–water partition coefficient (Wildman–Crippen LogP) is 0.158. The molecule has 0 saturated heterocycles. The number of nitrogens with zero attached hydrogens (tertiary/aromatic N) is 1. The van der Waals surface area contributed by atoms with Crippen LogP contribution in [0.3, 0.4) is 0 Å². The van der Waals surface area contributed by atoms with Crippen LogP contribution >= 0.6 is 0 Å². The number of sulfonamides is 1. The number of nitrogens with two attached hydrogens (primary N) is 1. The topological polar surface area (TPSA) is 102 Å². The lowest BCUT2D eigenvalue weighted by atomic mass is 10.2. The van der Waals surface area contributed by atoms with E-state index in [0.717, 1.165) is 9.87 Å². The average molecular weight is 315 g/mol. The van der Waals surface area contributed by atoms with Gasteiger partial charge in [-0.2, -0.15) is 0 Å². The number of nitrogens with one attached hydrogen (secondary N) is 1. The lowest BCUT2D eigenvalue weighted by Crippen LogP contribution is -2.36. The summed E-state index contributed by atoms with van der Waals surface area (Å²) in [5.74, 6) is -0.414. The van der Waals surface area contributed by atoms with E-state index in [9.17, 15) is 13.2 Å². The number of aryl methyl sites for hydroxylation is 1. The molecule has 7 nitrogen and oxygen atoms in total. The molecule has 1 unspecified atom stereocenters. The molecule has 0 aliphatic rings. The Morgan fingerprint density at radius 3 is 2.52 bits per heavy atom. The molecule has 8 heteroatoms. The summed E-state index contributed by atoms with van der Waals surface area (Å²) in [5.41, 5.74) is 6.59. The fraction of sp³-hybridized carbons (Fsp3) is 0.462. The molecule has 0 bridgehead atoms. The summed E-state index contributed by atoms with van der Waals surface area (Å²) in [6, 6.07) is 4.55. The Morgan fingerprint density at radius 2 is 2.05 bits per heavy atom. The van der Waals surface area contributed by atoms with Gasteiger partial charge in [-0.05, 0) is 24.6 Å². The van der Waals surface area contributed by atoms with Gasteiger partial charge in [0.25, 0.3) is 5.91 Å². The highest BCUT2D eigenvalue weighted by atomic mass is 32.2. The molecule has 0 radical (unpaired) electrons. The second-order valence-electron chi connectivity index (χ2n) is 4.71. The standard InChI is InChI=1S/C13H21N3O4S/c1-9-5-6-10(21(18,19)16(2)3)7-11(9)15-13(17)12(8-14)20-4/h5-7,12H,8,14H2,1-4H3,(H,15,17). The number of anilines is 1. The van der Waals surface area contributed by atoms with Crippen LogP contribution in [0.5, 0.6) is 0 Å². The summed E-state index contributed by atoms with van der Waals surface area (Å²) in [6.07, 6.45) is -0.779. The third kappa shape index (κ3) is 4.01. The van der Waals surface area contributed by atoms with Crippen LogP contribution in [0.25, 0.3) is 0 Å². The van der Waals surface area contributed by atoms with Crippen molar-refractivity contribution in [3.63, 3.8) is 0 Å². The normalized spacial score (nSPS) is 13.2. The van der Waals surface area contributed by atoms with E-state index in [1.807, 2.05) is 0 Å². The average Bonchev–Trinajstić information content (AvgIpc) is 2.42. The van der Waals surface area contributed by atoms with Gasteiger partial charge in [0.1, 0.15) is 6.10 Å². The third-order valence-electron chi connectivity index (χ3n) is 3.04. The summed E-state index contributed by atoms with van der Waals surface area (Å²) in [4.78, 5) is 12.1. The maximum Gasteiger partial charge on any atom is 0.254 e. The lowest BCUT2D eigenvalue weighted by molar-refractivity contribution is -0.125. The number of hydrogen-bond acceptors (Lipinski definition) is 5. The summed E-state index contributed by atoms with van der Waals surface area (Å²) in [6.45, 7) is 1.81. The van der Waals surface area contributed by atoms with Crippen molar-refractivity contribution in [1.82, 2.24) is 4.31 Å². The zero-order valence-corrected chi connectivity index (χ0v) is 13.4. The minimum absolute atomic E-state index is 0.0388. The molecular formula is C13H21N3O4S. The monoisotopic (exact) mass is 315 g/mol. The molecule has 1 aromatic carbocycles. The van der Waals surface area contributed by atoms with Gasteiger partial charge in [0, 0.05) is 33.4 Å². The van der Waals surface area contributed by atoms with Gasteiger partial charge in [-0.3, -0.25) is 4.79 Å². The van der Waals surface area contributed by atoms with E-state index in [1.165, 1.54) is 33.3 Å². The summed E-state index contributed by atoms with van der Waals surface area (Å²) in [5, 5.41) is 2.64. The number of ether oxygens (including phenoxy) is 1. The van der Waals surface area contributed by atoms with Crippen molar-refractivity contribution in [2.75, 3.05) is 33.1 Å². The second-order valence-corrected chi connectivity index (χ2v) is 6.87. The fourth-order valence-corrected chi connectivity index (χ4v) is 2.56. The summed E-state index contributed by atoms with van der Waals surface area (Å²) in [7, 11) is 0.723. The van der Waals surface area contributed by atoms with Crippen molar-refractivity contribution >= 4 is 21.6 Å². The minimum Gasteiger partial charge on any atom is -0.370 e. The van der Waals surface area contributed by atoms with Crippen LogP contribution in [0.4, 0.5) is 5.69 Å². The number of amides is 1. The van der Waals surface area contributed by atoms with Crippen LogP contribution in [-0.2, 0) is 19.6 Å². The Kier molecular flexibility index (Phi) is 5.85. The molecule has 1 aromatic rings. The number of carbonyl (C=O) groups is 1. The molecule has 3 N–H and O–H groups in total. The molecule has 1 amide bonds. The Labute approximate surface area is 125 Å². The van der Waals surface area contributed by atoms with E-state index in [2.05, 4.69) is 5.32 Å². The van der Waals surface area contributed by atoms with Gasteiger partial charge in [-0.15, -0.1) is 0 Å². The van der Waals surface area contributed by atoms with E-state index in [-0.39, 0.29) is 11.4 Å². The van der Waals surface area contributed by atoms with Crippen LogP contribution < -0.4 is 11.1 Å². The molecule has 1 rings (SSSR count). The number of benzene rings is 1. The van der Waals surface area contributed by atoms with E-state index in [1.54, 1.807) is 13.0 Å². The highest BCUT2D eigenvalue weighted by Gasteiger charge is 2.20. The number of carbonyl (C=O) groups excluding carboxylic acids is 1. The first kappa shape index (κ1) is 17.6. The zero-order chi connectivity index (χ0) is 16.2. The molecule has 21 heavy (non-hydrogen) atoms. The van der Waals surface area contributed by atoms with Crippen molar-refractivity contribution in [3.8, 4) is 0 Å². The van der Waals surface area contributed by atoms with E-state index in [0.29, 0.717) is 5.69 Å². The van der Waals surface area contributed by atoms with Crippen LogP contribution in [0.2, 0.25) is 0 Å². The largest absolute Gasteiger partial charge is 0.370 e. The number of rotatable bonds is 6. The van der Waals surface area contributed by atoms with E-state index in [4.69, 9.17) is 10.5 Å². The van der Waals surface area contributed by atoms with Gasteiger partial charge >= 0.3 is 0 Å². The maximum absolute atomic E-state index is 12.1. The molecule has 1 atom stereocenters. The van der Waals surface area contributed by atoms with Gasteiger partial charge in [0.2, 0.25) is 10.0 Å². The van der Waals surface area contributed by atoms with E-state index < -0.39 is 22.0 Å². The smallest absolute Gasteiger partial charge is 0.254 e. The lowest BCUT2D eigenvalue weighted by Gasteiger charge is -2.16. The molecular weight excluding hydrogens is 294 g/mol. The number of hydrogen-bond donors (Lipinski definition) is 2. The van der Waals surface area contributed by atoms with Gasteiger partial charge in [-0.1, -0.05) is 6.07 Å². The zero-order valence-electron chi connectivity index (χ0n) is 12.6. The summed E-state index contributed by atoms with van der Waals surface area (Å²) >= 11 is 0. The van der Waals surface area contributed by atoms with Crippen molar-refractivity contribution < 1.29 is 17.9 Å². The molecule has 0 aromatic heterocycles. The van der Waals surface area contributed by atoms with Crippen molar-refractivity contribution in [1.29, 1.82) is 0 Å². The van der Waals surface area contributed by atoms with Gasteiger partial charge in [0.15, 0.2) is 0 Å². The molecule has 0 saturated carbocycles. The minimum atomic E-state index is -3.56. The molecule has 0 aliphatic carbocycles. The van der Waals surface area contributed by atoms with Crippen LogP contribution in [0.1, 0.15) is 5.56 Å². The summed E-state index contributed by atoms with van der Waals surface area (Å²) < 4.78 is 30.2. The molecule has 0 fully saturated rings. The Balaban J connectivity index is 3.12. The van der Waals surface area contributed by atoms with Crippen LogP contribution in [-0.4, -0.2) is 52.5 Å². The molecule has 118 valence electrons. The van der Waals surface area contributed by atoms with Crippen molar-refractivity contribution in [2.45, 2.75) is 17.9 Å². The third-order valence-corrected chi connectivity index (χ3v) is 4.85.